The molecule has 0 bridgehead atoms. The minimum atomic E-state index is -0.213. The molecule has 0 unspecified atom stereocenters. The van der Waals surface area contributed by atoms with E-state index in [4.69, 9.17) is 19.2 Å². The van der Waals surface area contributed by atoms with Gasteiger partial charge in [0.1, 0.15) is 29.3 Å². The maximum Gasteiger partial charge on any atom is 0.228 e. The highest BCUT2D eigenvalue weighted by Gasteiger charge is 2.33. The van der Waals surface area contributed by atoms with E-state index in [1.54, 1.807) is 37.2 Å². The fourth-order valence-corrected chi connectivity index (χ4v) is 4.49. The Balaban J connectivity index is 1.48. The van der Waals surface area contributed by atoms with Crippen LogP contribution in [0.4, 0.5) is 0 Å². The number of ether oxygens (including phenoxy) is 3. The Morgan fingerprint density at radius 1 is 0.943 bits per heavy atom. The minimum absolute atomic E-state index is 0.131. The third-order valence-corrected chi connectivity index (χ3v) is 6.20. The summed E-state index contributed by atoms with van der Waals surface area (Å²) < 4.78 is 18.4. The molecule has 0 radical (unpaired) electrons. The number of rotatable bonds is 5. The molecule has 1 aliphatic rings. The van der Waals surface area contributed by atoms with Crippen molar-refractivity contribution in [3.63, 3.8) is 0 Å². The number of hydrogen-bond donors (Lipinski definition) is 1. The van der Waals surface area contributed by atoms with Gasteiger partial charge in [-0.1, -0.05) is 30.3 Å². The number of fused-ring (bicyclic) bond motifs is 4. The summed E-state index contributed by atoms with van der Waals surface area (Å²) in [4.78, 5) is 9.43. The molecule has 0 fully saturated rings. The van der Waals surface area contributed by atoms with Crippen molar-refractivity contribution in [2.24, 2.45) is 0 Å². The number of phenols is 1. The second-order valence-corrected chi connectivity index (χ2v) is 8.31. The number of benzene rings is 3. The van der Waals surface area contributed by atoms with Crippen LogP contribution in [0.15, 0.2) is 73.1 Å². The third-order valence-electron chi connectivity index (χ3n) is 6.20. The van der Waals surface area contributed by atoms with Gasteiger partial charge in [0.2, 0.25) is 5.88 Å². The second-order valence-electron chi connectivity index (χ2n) is 8.31. The predicted molar refractivity (Wildman–Crippen MR) is 129 cm³/mol. The van der Waals surface area contributed by atoms with Gasteiger partial charge in [0.25, 0.3) is 0 Å². The lowest BCUT2D eigenvalue weighted by Gasteiger charge is -2.28. The summed E-state index contributed by atoms with van der Waals surface area (Å²) in [7, 11) is 3.29. The zero-order valence-corrected chi connectivity index (χ0v) is 19.2. The van der Waals surface area contributed by atoms with E-state index in [1.807, 2.05) is 54.6 Å². The van der Waals surface area contributed by atoms with E-state index in [0.717, 1.165) is 33.8 Å². The Kier molecular flexibility index (Phi) is 4.99. The lowest BCUT2D eigenvalue weighted by atomic mass is 9.84. The smallest absolute Gasteiger partial charge is 0.228 e. The second kappa shape index (κ2) is 8.32. The van der Waals surface area contributed by atoms with Gasteiger partial charge in [-0.05, 0) is 41.5 Å². The summed E-state index contributed by atoms with van der Waals surface area (Å²) in [5.74, 6) is 3.18. The molecule has 3 aromatic carbocycles. The summed E-state index contributed by atoms with van der Waals surface area (Å²) in [6, 6.07) is 20.9. The third kappa shape index (κ3) is 3.69. The van der Waals surface area contributed by atoms with Gasteiger partial charge in [-0.15, -0.1) is 5.10 Å². The van der Waals surface area contributed by atoms with Crippen molar-refractivity contribution in [3.8, 4) is 28.9 Å². The molecular formula is C27H22N4O4. The number of methoxy groups -OCH3 is 2. The van der Waals surface area contributed by atoms with Crippen LogP contribution in [0.2, 0.25) is 0 Å². The van der Waals surface area contributed by atoms with Crippen molar-refractivity contribution in [1.82, 2.24) is 19.6 Å². The fraction of sp³-hybridized carbons (Fsp3) is 0.148. The van der Waals surface area contributed by atoms with E-state index < -0.39 is 0 Å². The highest BCUT2D eigenvalue weighted by atomic mass is 16.5. The summed E-state index contributed by atoms with van der Waals surface area (Å²) >= 11 is 0. The molecule has 3 heterocycles. The molecule has 0 saturated carbocycles. The number of nitrogens with zero attached hydrogens (tertiary/aromatic N) is 4. The van der Waals surface area contributed by atoms with Gasteiger partial charge in [0.15, 0.2) is 11.5 Å². The number of aromatic hydroxyl groups is 1. The lowest BCUT2D eigenvalue weighted by molar-refractivity contribution is 0.414. The van der Waals surface area contributed by atoms with Gasteiger partial charge in [0.05, 0.1) is 19.8 Å². The molecule has 0 aliphatic carbocycles. The van der Waals surface area contributed by atoms with Crippen molar-refractivity contribution < 1.29 is 19.3 Å². The first-order valence-electron chi connectivity index (χ1n) is 11.1. The van der Waals surface area contributed by atoms with E-state index in [9.17, 15) is 5.11 Å². The van der Waals surface area contributed by atoms with E-state index >= 15 is 0 Å². The number of hydrogen-bond acceptors (Lipinski definition) is 7. The van der Waals surface area contributed by atoms with Crippen LogP contribution < -0.4 is 14.2 Å². The lowest BCUT2D eigenvalue weighted by Crippen LogP contribution is -2.15. The fourth-order valence-electron chi connectivity index (χ4n) is 4.49. The van der Waals surface area contributed by atoms with Crippen LogP contribution >= 0.6 is 0 Å². The zero-order valence-electron chi connectivity index (χ0n) is 19.2. The molecule has 35 heavy (non-hydrogen) atoms. The predicted octanol–water partition coefficient (Wildman–Crippen LogP) is 4.72. The summed E-state index contributed by atoms with van der Waals surface area (Å²) in [6.07, 6.45) is 2.18. The van der Waals surface area contributed by atoms with Crippen molar-refractivity contribution in [2.75, 3.05) is 14.2 Å². The van der Waals surface area contributed by atoms with Crippen molar-refractivity contribution >= 4 is 5.65 Å². The molecule has 1 aliphatic heterocycles. The largest absolute Gasteiger partial charge is 0.508 e. The van der Waals surface area contributed by atoms with Gasteiger partial charge in [-0.2, -0.15) is 0 Å². The summed E-state index contributed by atoms with van der Waals surface area (Å²) in [5, 5.41) is 14.7. The normalized spacial score (nSPS) is 14.2. The van der Waals surface area contributed by atoms with Crippen molar-refractivity contribution in [2.45, 2.75) is 12.3 Å². The molecule has 5 aromatic rings. The van der Waals surface area contributed by atoms with Gasteiger partial charge in [0, 0.05) is 24.0 Å². The highest BCUT2D eigenvalue weighted by Crippen LogP contribution is 2.48. The van der Waals surface area contributed by atoms with Crippen molar-refractivity contribution in [3.05, 3.63) is 101 Å². The molecule has 2 aromatic heterocycles. The average molecular weight is 466 g/mol. The molecule has 0 spiro atoms. The van der Waals surface area contributed by atoms with Crippen LogP contribution in [0.5, 0.6) is 28.9 Å². The van der Waals surface area contributed by atoms with Gasteiger partial charge < -0.3 is 19.3 Å². The van der Waals surface area contributed by atoms with Crippen LogP contribution in [-0.2, 0) is 6.42 Å². The van der Waals surface area contributed by atoms with Gasteiger partial charge in [-0.3, -0.25) is 0 Å². The van der Waals surface area contributed by atoms with E-state index in [0.29, 0.717) is 29.5 Å². The van der Waals surface area contributed by atoms with Gasteiger partial charge in [-0.25, -0.2) is 14.5 Å². The molecule has 8 heteroatoms. The molecule has 174 valence electrons. The molecule has 0 amide bonds. The first-order chi connectivity index (χ1) is 17.1. The topological polar surface area (TPSA) is 91.0 Å². The molecule has 0 saturated heterocycles. The zero-order chi connectivity index (χ0) is 23.9. The van der Waals surface area contributed by atoms with Crippen LogP contribution in [0.3, 0.4) is 0 Å². The molecule has 1 N–H and O–H groups in total. The summed E-state index contributed by atoms with van der Waals surface area (Å²) in [5.41, 5.74) is 4.52. The quantitative estimate of drug-likeness (QED) is 0.393. The van der Waals surface area contributed by atoms with E-state index in [-0.39, 0.29) is 11.7 Å². The standard InChI is InChI=1S/C27H22N4O4/c1-33-19-8-3-16(4-9-19)13-23-29-26-25-24(17-5-10-20(34-2)11-6-17)21-12-7-18(32)14-22(21)35-27(25)28-15-31(26)30-23/h3-12,14-15,24,32H,13H2,1-2H3/t24-/m1/s1. The first kappa shape index (κ1) is 21.0. The Morgan fingerprint density at radius 2 is 1.66 bits per heavy atom. The SMILES string of the molecule is COc1ccc(Cc2nc3c4c(ncn3n2)Oc2cc(O)ccc2[C@H]4c2ccc(OC)cc2)cc1. The Hall–Kier alpha value is -4.59. The van der Waals surface area contributed by atoms with Crippen LogP contribution in [0, 0.1) is 0 Å². The first-order valence-corrected chi connectivity index (χ1v) is 11.1. The number of phenolic OH excluding ortho intramolecular Hbond substituents is 1. The monoisotopic (exact) mass is 466 g/mol. The molecule has 8 nitrogen and oxygen atoms in total. The Labute approximate surface area is 201 Å². The van der Waals surface area contributed by atoms with Gasteiger partial charge >= 0.3 is 0 Å². The average Bonchev–Trinajstić information content (AvgIpc) is 3.30. The Morgan fingerprint density at radius 3 is 2.37 bits per heavy atom. The maximum absolute atomic E-state index is 10.1. The van der Waals surface area contributed by atoms with Crippen LogP contribution in [0.25, 0.3) is 5.65 Å². The Bertz CT molecular complexity index is 1530. The van der Waals surface area contributed by atoms with Crippen LogP contribution in [-0.4, -0.2) is 38.9 Å². The molecule has 6 rings (SSSR count). The maximum atomic E-state index is 10.1. The van der Waals surface area contributed by atoms with E-state index in [2.05, 4.69) is 10.1 Å². The minimum Gasteiger partial charge on any atom is -0.508 e. The van der Waals surface area contributed by atoms with Crippen LogP contribution in [0.1, 0.15) is 34.0 Å². The van der Waals surface area contributed by atoms with Crippen molar-refractivity contribution in [1.29, 1.82) is 0 Å². The molecular weight excluding hydrogens is 444 g/mol. The highest BCUT2D eigenvalue weighted by molar-refractivity contribution is 5.66. The molecule has 1 atom stereocenters. The van der Waals surface area contributed by atoms with E-state index in [1.165, 1.54) is 0 Å². The number of aromatic nitrogens is 4. The summed E-state index contributed by atoms with van der Waals surface area (Å²) in [6.45, 7) is 0.